The van der Waals surface area contributed by atoms with Gasteiger partial charge in [-0.2, -0.15) is 0 Å². The lowest BCUT2D eigenvalue weighted by atomic mass is 10.2. The molecular weight excluding hydrogens is 263 g/mol. The number of rotatable bonds is 4. The van der Waals surface area contributed by atoms with E-state index in [-0.39, 0.29) is 11.6 Å². The normalized spacial score (nSPS) is 21.8. The van der Waals surface area contributed by atoms with E-state index < -0.39 is 0 Å². The molecule has 2 aromatic rings. The molecule has 0 spiro atoms. The first-order valence-electron chi connectivity index (χ1n) is 6.63. The number of H-pyrrole nitrogens is 1. The largest absolute Gasteiger partial charge is 0.494 e. The molecule has 1 aliphatic rings. The number of aromatic nitrogens is 2. The van der Waals surface area contributed by atoms with Crippen LogP contribution in [0.4, 0.5) is 4.39 Å². The van der Waals surface area contributed by atoms with Gasteiger partial charge in [0, 0.05) is 18.2 Å². The average molecular weight is 280 g/mol. The predicted molar refractivity (Wildman–Crippen MR) is 75.7 cm³/mol. The van der Waals surface area contributed by atoms with Crippen LogP contribution in [0, 0.1) is 16.5 Å². The molecule has 0 radical (unpaired) electrons. The number of aromatic amines is 1. The summed E-state index contributed by atoms with van der Waals surface area (Å²) in [5.41, 5.74) is 1.68. The van der Waals surface area contributed by atoms with Gasteiger partial charge in [0.05, 0.1) is 18.1 Å². The molecule has 1 aromatic carbocycles. The Hall–Kier alpha value is -1.36. The van der Waals surface area contributed by atoms with E-state index >= 15 is 0 Å². The number of fused-ring (bicyclic) bond motifs is 1. The van der Waals surface area contributed by atoms with Crippen molar-refractivity contribution in [1.29, 1.82) is 0 Å². The second kappa shape index (κ2) is 4.63. The number of nitrogens with one attached hydrogen (secondary N) is 1. The van der Waals surface area contributed by atoms with Gasteiger partial charge in [0.1, 0.15) is 0 Å². The molecule has 0 aliphatic heterocycles. The molecule has 0 amide bonds. The van der Waals surface area contributed by atoms with Crippen molar-refractivity contribution in [1.82, 2.24) is 9.55 Å². The SMILES string of the molecule is CCCC1CC1n1c(=S)[nH]c2cc(F)c(OC)cc21. The number of imidazole rings is 1. The molecule has 2 atom stereocenters. The van der Waals surface area contributed by atoms with E-state index in [2.05, 4.69) is 16.5 Å². The molecule has 1 N–H and O–H groups in total. The molecular formula is C14H17FN2OS. The monoisotopic (exact) mass is 280 g/mol. The summed E-state index contributed by atoms with van der Waals surface area (Å²) in [4.78, 5) is 3.09. The van der Waals surface area contributed by atoms with Gasteiger partial charge >= 0.3 is 0 Å². The van der Waals surface area contributed by atoms with Crippen LogP contribution in [0.15, 0.2) is 12.1 Å². The number of hydrogen-bond acceptors (Lipinski definition) is 2. The first kappa shape index (κ1) is 12.7. The smallest absolute Gasteiger partial charge is 0.178 e. The highest BCUT2D eigenvalue weighted by Crippen LogP contribution is 2.48. The zero-order valence-corrected chi connectivity index (χ0v) is 11.9. The van der Waals surface area contributed by atoms with Crippen molar-refractivity contribution in [3.63, 3.8) is 0 Å². The van der Waals surface area contributed by atoms with Gasteiger partial charge in [-0.25, -0.2) is 4.39 Å². The van der Waals surface area contributed by atoms with Gasteiger partial charge in [-0.05, 0) is 31.0 Å². The number of halogens is 1. The zero-order valence-electron chi connectivity index (χ0n) is 11.1. The van der Waals surface area contributed by atoms with E-state index in [0.717, 1.165) is 17.5 Å². The molecule has 5 heteroatoms. The standard InChI is InChI=1S/C14H17FN2OS/c1-3-4-8-5-11(8)17-12-7-13(18-2)9(15)6-10(12)16-14(17)19/h6-8,11H,3-5H2,1-2H3,(H,16,19). The third-order valence-electron chi connectivity index (χ3n) is 3.87. The Kier molecular flexibility index (Phi) is 3.09. The van der Waals surface area contributed by atoms with Gasteiger partial charge in [0.15, 0.2) is 16.3 Å². The van der Waals surface area contributed by atoms with E-state index in [1.165, 1.54) is 26.0 Å². The second-order valence-corrected chi connectivity index (χ2v) is 5.54. The van der Waals surface area contributed by atoms with Crippen molar-refractivity contribution in [2.75, 3.05) is 7.11 Å². The van der Waals surface area contributed by atoms with Crippen LogP contribution in [0.5, 0.6) is 5.75 Å². The molecule has 3 nitrogen and oxygen atoms in total. The van der Waals surface area contributed by atoms with Gasteiger partial charge in [-0.15, -0.1) is 0 Å². The fraction of sp³-hybridized carbons (Fsp3) is 0.500. The fourth-order valence-electron chi connectivity index (χ4n) is 2.84. The summed E-state index contributed by atoms with van der Waals surface area (Å²) in [6, 6.07) is 3.65. The maximum absolute atomic E-state index is 13.7. The summed E-state index contributed by atoms with van der Waals surface area (Å²) in [7, 11) is 1.48. The Morgan fingerprint density at radius 2 is 2.32 bits per heavy atom. The van der Waals surface area contributed by atoms with E-state index in [1.54, 1.807) is 6.07 Å². The number of ether oxygens (including phenoxy) is 1. The maximum Gasteiger partial charge on any atom is 0.178 e. The van der Waals surface area contributed by atoms with Gasteiger partial charge in [-0.3, -0.25) is 0 Å². The molecule has 0 saturated heterocycles. The minimum atomic E-state index is -0.362. The van der Waals surface area contributed by atoms with Crippen LogP contribution in [-0.4, -0.2) is 16.7 Å². The number of nitrogens with zero attached hydrogens (tertiary/aromatic N) is 1. The van der Waals surface area contributed by atoms with Crippen LogP contribution in [0.1, 0.15) is 32.2 Å². The van der Waals surface area contributed by atoms with Crippen LogP contribution < -0.4 is 4.74 Å². The highest BCUT2D eigenvalue weighted by Gasteiger charge is 2.39. The van der Waals surface area contributed by atoms with Crippen LogP contribution in [0.2, 0.25) is 0 Å². The number of benzene rings is 1. The predicted octanol–water partition coefficient (Wildman–Crippen LogP) is 4.21. The Morgan fingerprint density at radius 3 is 3.00 bits per heavy atom. The summed E-state index contributed by atoms with van der Waals surface area (Å²) in [6.07, 6.45) is 3.57. The van der Waals surface area contributed by atoms with E-state index in [0.29, 0.717) is 16.7 Å². The van der Waals surface area contributed by atoms with Crippen molar-refractivity contribution in [3.05, 3.63) is 22.7 Å². The Morgan fingerprint density at radius 1 is 1.53 bits per heavy atom. The minimum absolute atomic E-state index is 0.267. The molecule has 1 aromatic heterocycles. The zero-order chi connectivity index (χ0) is 13.6. The molecule has 1 fully saturated rings. The Balaban J connectivity index is 2.09. The highest BCUT2D eigenvalue weighted by atomic mass is 32.1. The number of methoxy groups -OCH3 is 1. The second-order valence-electron chi connectivity index (χ2n) is 5.16. The van der Waals surface area contributed by atoms with Gasteiger partial charge in [-0.1, -0.05) is 13.3 Å². The molecule has 1 aliphatic carbocycles. The fourth-order valence-corrected chi connectivity index (χ4v) is 3.19. The lowest BCUT2D eigenvalue weighted by Gasteiger charge is -2.06. The van der Waals surface area contributed by atoms with Gasteiger partial charge < -0.3 is 14.3 Å². The Bertz CT molecular complexity index is 676. The lowest BCUT2D eigenvalue weighted by Crippen LogP contribution is -1.97. The summed E-state index contributed by atoms with van der Waals surface area (Å²) < 4.78 is 21.5. The van der Waals surface area contributed by atoms with Crippen molar-refractivity contribution >= 4 is 23.3 Å². The lowest BCUT2D eigenvalue weighted by molar-refractivity contribution is 0.387. The first-order valence-corrected chi connectivity index (χ1v) is 7.04. The van der Waals surface area contributed by atoms with E-state index in [1.807, 2.05) is 0 Å². The van der Waals surface area contributed by atoms with Crippen LogP contribution >= 0.6 is 12.2 Å². The third kappa shape index (κ3) is 2.06. The number of hydrogen-bond donors (Lipinski definition) is 1. The van der Waals surface area contributed by atoms with Crippen molar-refractivity contribution < 1.29 is 9.13 Å². The van der Waals surface area contributed by atoms with Crippen LogP contribution in [0.3, 0.4) is 0 Å². The average Bonchev–Trinajstić information content (AvgIpc) is 3.04. The summed E-state index contributed by atoms with van der Waals surface area (Å²) in [5.74, 6) is 0.606. The minimum Gasteiger partial charge on any atom is -0.494 e. The van der Waals surface area contributed by atoms with Gasteiger partial charge in [0.25, 0.3) is 0 Å². The van der Waals surface area contributed by atoms with Crippen molar-refractivity contribution in [2.24, 2.45) is 5.92 Å². The van der Waals surface area contributed by atoms with Crippen molar-refractivity contribution in [3.8, 4) is 5.75 Å². The summed E-state index contributed by atoms with van der Waals surface area (Å²) in [6.45, 7) is 2.20. The molecule has 3 rings (SSSR count). The summed E-state index contributed by atoms with van der Waals surface area (Å²) in [5, 5.41) is 0. The molecule has 102 valence electrons. The summed E-state index contributed by atoms with van der Waals surface area (Å²) >= 11 is 5.37. The van der Waals surface area contributed by atoms with E-state index in [9.17, 15) is 4.39 Å². The van der Waals surface area contributed by atoms with Crippen molar-refractivity contribution in [2.45, 2.75) is 32.2 Å². The third-order valence-corrected chi connectivity index (χ3v) is 4.17. The highest BCUT2D eigenvalue weighted by molar-refractivity contribution is 7.71. The quantitative estimate of drug-likeness (QED) is 0.850. The first-order chi connectivity index (χ1) is 9.15. The Labute approximate surface area is 116 Å². The molecule has 1 saturated carbocycles. The van der Waals surface area contributed by atoms with E-state index in [4.69, 9.17) is 17.0 Å². The van der Waals surface area contributed by atoms with Gasteiger partial charge in [0.2, 0.25) is 0 Å². The molecule has 19 heavy (non-hydrogen) atoms. The molecule has 0 bridgehead atoms. The maximum atomic E-state index is 13.7. The molecule has 1 heterocycles. The topological polar surface area (TPSA) is 29.9 Å². The molecule has 2 unspecified atom stereocenters. The van der Waals surface area contributed by atoms with Crippen LogP contribution in [0.25, 0.3) is 11.0 Å². The van der Waals surface area contributed by atoms with Crippen LogP contribution in [-0.2, 0) is 0 Å².